The van der Waals surface area contributed by atoms with E-state index in [1.54, 1.807) is 0 Å². The number of carboxylic acid groups (broad SMARTS) is 1. The Bertz CT molecular complexity index is 1300. The van der Waals surface area contributed by atoms with Crippen molar-refractivity contribution >= 4 is 5.97 Å². The molecule has 5 nitrogen and oxygen atoms in total. The molecule has 0 saturated heterocycles. The summed E-state index contributed by atoms with van der Waals surface area (Å²) < 4.78 is 13.9. The Hall–Kier alpha value is -2.99. The van der Waals surface area contributed by atoms with Crippen molar-refractivity contribution in [2.24, 2.45) is 0 Å². The number of aryl methyl sites for hydroxylation is 1. The molecule has 0 radical (unpaired) electrons. The quantitative estimate of drug-likeness (QED) is 0.167. The van der Waals surface area contributed by atoms with Gasteiger partial charge >= 0.3 is 29.6 Å². The van der Waals surface area contributed by atoms with E-state index in [1.165, 1.54) is 32.1 Å². The molecule has 4 aromatic rings. The minimum absolute atomic E-state index is 0. The third-order valence-corrected chi connectivity index (χ3v) is 6.89. The Morgan fingerprint density at radius 3 is 2.12 bits per heavy atom. The van der Waals surface area contributed by atoms with Gasteiger partial charge in [-0.05, 0) is 85.1 Å². The summed E-state index contributed by atoms with van der Waals surface area (Å²) >= 11 is 0. The second-order valence-corrected chi connectivity index (χ2v) is 9.95. The molecule has 40 heavy (non-hydrogen) atoms. The van der Waals surface area contributed by atoms with Crippen LogP contribution in [0.15, 0.2) is 91.0 Å². The molecule has 4 rings (SSSR count). The number of carbonyl (C=O) groups excluding carboxylic acids is 1. The summed E-state index contributed by atoms with van der Waals surface area (Å²) in [5, 5.41) is 11.7. The maximum atomic E-state index is 11.7. The molecule has 204 valence electrons. The Morgan fingerprint density at radius 1 is 0.800 bits per heavy atom. The van der Waals surface area contributed by atoms with Gasteiger partial charge in [-0.1, -0.05) is 69.4 Å². The smallest absolute Gasteiger partial charge is 0.546 e. The van der Waals surface area contributed by atoms with Gasteiger partial charge in [0.1, 0.15) is 17.6 Å². The molecule has 1 heterocycles. The van der Waals surface area contributed by atoms with Crippen LogP contribution < -0.4 is 44.1 Å². The molecule has 0 aliphatic carbocycles. The van der Waals surface area contributed by atoms with Crippen molar-refractivity contribution in [2.45, 2.75) is 64.9 Å². The standard InChI is InChI=1S/C34H39NO4.Na/c1-3-4-5-6-7-11-24-38-30-21-17-29(18-22-30)35-26(2)14-23-32(35)28-15-19-31(20-16-28)39-33(34(36)37)25-27-12-9-8-10-13-27;/h8-10,12-23,33H,3-7,11,24-25H2,1-2H3,(H,36,37);/q;+1/p-1/t33-;/m1./s1. The summed E-state index contributed by atoms with van der Waals surface area (Å²) in [6.45, 7) is 5.07. The van der Waals surface area contributed by atoms with Crippen molar-refractivity contribution in [3.8, 4) is 28.4 Å². The van der Waals surface area contributed by atoms with Gasteiger partial charge in [-0.3, -0.25) is 0 Å². The number of hydrogen-bond donors (Lipinski definition) is 0. The number of aromatic nitrogens is 1. The van der Waals surface area contributed by atoms with Crippen LogP contribution in [-0.4, -0.2) is 23.2 Å². The van der Waals surface area contributed by atoms with Gasteiger partial charge in [0, 0.05) is 17.8 Å². The third kappa shape index (κ3) is 9.02. The first-order chi connectivity index (χ1) is 19.0. The summed E-state index contributed by atoms with van der Waals surface area (Å²) in [5.41, 5.74) is 5.11. The molecule has 0 aliphatic heterocycles. The van der Waals surface area contributed by atoms with Crippen LogP contribution in [0.25, 0.3) is 16.9 Å². The Kier molecular flexibility index (Phi) is 12.9. The van der Waals surface area contributed by atoms with Gasteiger partial charge in [-0.15, -0.1) is 0 Å². The van der Waals surface area contributed by atoms with Crippen LogP contribution >= 0.6 is 0 Å². The normalized spacial score (nSPS) is 11.4. The Labute approximate surface area is 260 Å². The van der Waals surface area contributed by atoms with E-state index >= 15 is 0 Å². The summed E-state index contributed by atoms with van der Waals surface area (Å²) in [4.78, 5) is 11.7. The molecule has 0 bridgehead atoms. The predicted molar refractivity (Wildman–Crippen MR) is 154 cm³/mol. The van der Waals surface area contributed by atoms with Crippen LogP contribution in [0.1, 0.15) is 56.7 Å². The molecule has 1 atom stereocenters. The average Bonchev–Trinajstić information content (AvgIpc) is 3.34. The SMILES string of the molecule is CCCCCCCCOc1ccc(-n2c(C)ccc2-c2ccc(O[C@H](Cc3ccccc3)C(=O)[O-])cc2)cc1.[Na+]. The van der Waals surface area contributed by atoms with E-state index in [0.29, 0.717) is 5.75 Å². The minimum atomic E-state index is -1.23. The van der Waals surface area contributed by atoms with Gasteiger partial charge in [0.15, 0.2) is 0 Å². The van der Waals surface area contributed by atoms with E-state index < -0.39 is 12.1 Å². The topological polar surface area (TPSA) is 63.5 Å². The Balaban J connectivity index is 0.00000441. The molecule has 3 aromatic carbocycles. The van der Waals surface area contributed by atoms with Crippen molar-refractivity contribution in [1.29, 1.82) is 0 Å². The molecule has 0 unspecified atom stereocenters. The molecule has 0 N–H and O–H groups in total. The molecular formula is C34H38NNaO4. The number of carbonyl (C=O) groups is 1. The van der Waals surface area contributed by atoms with E-state index in [1.807, 2.05) is 66.7 Å². The number of rotatable bonds is 15. The van der Waals surface area contributed by atoms with Gasteiger partial charge in [-0.2, -0.15) is 0 Å². The number of ether oxygens (including phenoxy) is 2. The number of carboxylic acids is 1. The third-order valence-electron chi connectivity index (χ3n) is 6.89. The first kappa shape index (κ1) is 31.5. The van der Waals surface area contributed by atoms with Crippen LogP contribution in [0.3, 0.4) is 0 Å². The van der Waals surface area contributed by atoms with Crippen molar-refractivity contribution in [2.75, 3.05) is 6.61 Å². The summed E-state index contributed by atoms with van der Waals surface area (Å²) in [7, 11) is 0. The first-order valence-electron chi connectivity index (χ1n) is 14.0. The van der Waals surface area contributed by atoms with Crippen molar-refractivity contribution in [3.63, 3.8) is 0 Å². The first-order valence-corrected chi connectivity index (χ1v) is 14.0. The van der Waals surface area contributed by atoms with Crippen LogP contribution in [-0.2, 0) is 11.2 Å². The zero-order valence-electron chi connectivity index (χ0n) is 24.0. The fraction of sp³-hybridized carbons (Fsp3) is 0.324. The van der Waals surface area contributed by atoms with Gasteiger partial charge in [-0.25, -0.2) is 0 Å². The number of unbranched alkanes of at least 4 members (excludes halogenated alkanes) is 5. The maximum Gasteiger partial charge on any atom is 1.00 e. The van der Waals surface area contributed by atoms with E-state index in [4.69, 9.17) is 9.47 Å². The van der Waals surface area contributed by atoms with Crippen molar-refractivity contribution in [1.82, 2.24) is 4.57 Å². The van der Waals surface area contributed by atoms with Crippen LogP contribution in [0.2, 0.25) is 0 Å². The minimum Gasteiger partial charge on any atom is -0.546 e. The number of nitrogens with zero attached hydrogens (tertiary/aromatic N) is 1. The monoisotopic (exact) mass is 547 g/mol. The van der Waals surface area contributed by atoms with E-state index in [0.717, 1.165) is 47.0 Å². The number of aliphatic carboxylic acids is 1. The number of benzene rings is 3. The second kappa shape index (κ2) is 16.3. The molecule has 0 saturated carbocycles. The van der Waals surface area contributed by atoms with E-state index in [9.17, 15) is 9.90 Å². The van der Waals surface area contributed by atoms with Gasteiger partial charge < -0.3 is 23.9 Å². The summed E-state index contributed by atoms with van der Waals surface area (Å²) in [6, 6.07) is 29.3. The zero-order valence-corrected chi connectivity index (χ0v) is 26.0. The largest absolute Gasteiger partial charge is 1.00 e. The summed E-state index contributed by atoms with van der Waals surface area (Å²) in [5.74, 6) is 0.149. The van der Waals surface area contributed by atoms with Crippen LogP contribution in [0.5, 0.6) is 11.5 Å². The van der Waals surface area contributed by atoms with E-state index in [2.05, 4.69) is 42.7 Å². The van der Waals surface area contributed by atoms with Crippen LogP contribution in [0, 0.1) is 6.92 Å². The fourth-order valence-corrected chi connectivity index (χ4v) is 4.74. The van der Waals surface area contributed by atoms with Crippen LogP contribution in [0.4, 0.5) is 0 Å². The summed E-state index contributed by atoms with van der Waals surface area (Å²) in [6.07, 6.45) is 6.66. The second-order valence-electron chi connectivity index (χ2n) is 9.95. The average molecular weight is 548 g/mol. The molecule has 0 fully saturated rings. The molecule has 1 aromatic heterocycles. The number of hydrogen-bond acceptors (Lipinski definition) is 4. The zero-order chi connectivity index (χ0) is 27.5. The molecule has 0 aliphatic rings. The Morgan fingerprint density at radius 2 is 1.45 bits per heavy atom. The van der Waals surface area contributed by atoms with Gasteiger partial charge in [0.2, 0.25) is 0 Å². The van der Waals surface area contributed by atoms with Gasteiger partial charge in [0.05, 0.1) is 18.3 Å². The van der Waals surface area contributed by atoms with Gasteiger partial charge in [0.25, 0.3) is 0 Å². The van der Waals surface area contributed by atoms with Crippen molar-refractivity contribution < 1.29 is 48.9 Å². The maximum absolute atomic E-state index is 11.7. The fourth-order valence-electron chi connectivity index (χ4n) is 4.74. The predicted octanol–water partition coefficient (Wildman–Crippen LogP) is 3.94. The molecular weight excluding hydrogens is 509 g/mol. The molecule has 0 amide bonds. The molecule has 6 heteroatoms. The van der Waals surface area contributed by atoms with Crippen molar-refractivity contribution in [3.05, 3.63) is 102 Å². The molecule has 0 spiro atoms. The van der Waals surface area contributed by atoms with E-state index in [-0.39, 0.29) is 36.0 Å².